The highest BCUT2D eigenvalue weighted by atomic mass is 16.5. The predicted octanol–water partition coefficient (Wildman–Crippen LogP) is 4.38. The Kier molecular flexibility index (Phi) is 5.59. The van der Waals surface area contributed by atoms with Crippen molar-refractivity contribution in [3.63, 3.8) is 0 Å². The van der Waals surface area contributed by atoms with Crippen molar-refractivity contribution in [2.24, 2.45) is 0 Å². The second-order valence-electron chi connectivity index (χ2n) is 5.97. The van der Waals surface area contributed by atoms with Gasteiger partial charge in [-0.3, -0.25) is 4.79 Å². The van der Waals surface area contributed by atoms with Crippen LogP contribution in [0, 0.1) is 6.92 Å². The molecule has 0 saturated heterocycles. The molecule has 0 aliphatic heterocycles. The van der Waals surface area contributed by atoms with E-state index >= 15 is 0 Å². The molecule has 0 aliphatic carbocycles. The summed E-state index contributed by atoms with van der Waals surface area (Å²) < 4.78 is 5.80. The first-order valence-corrected chi connectivity index (χ1v) is 8.62. The lowest BCUT2D eigenvalue weighted by atomic mass is 10.1. The number of aromatic nitrogens is 2. The first-order chi connectivity index (χ1) is 12.7. The Morgan fingerprint density at radius 2 is 1.77 bits per heavy atom. The molecule has 2 aromatic carbocycles. The zero-order chi connectivity index (χ0) is 18.4. The van der Waals surface area contributed by atoms with E-state index in [1.54, 1.807) is 36.5 Å². The molecule has 0 aliphatic rings. The normalized spacial score (nSPS) is 10.4. The Bertz CT molecular complexity index is 875. The molecule has 1 heterocycles. The zero-order valence-electron chi connectivity index (χ0n) is 14.9. The third-order valence-corrected chi connectivity index (χ3v) is 3.81. The van der Waals surface area contributed by atoms with Gasteiger partial charge in [-0.05, 0) is 37.6 Å². The maximum absolute atomic E-state index is 11.9. The van der Waals surface area contributed by atoms with Crippen molar-refractivity contribution >= 4 is 5.91 Å². The molecule has 3 rings (SSSR count). The number of benzene rings is 2. The third-order valence-electron chi connectivity index (χ3n) is 3.81. The summed E-state index contributed by atoms with van der Waals surface area (Å²) in [5, 5.41) is 2.85. The maximum atomic E-state index is 11.9. The fraction of sp³-hybridized carbons (Fsp3) is 0.190. The van der Waals surface area contributed by atoms with Crippen molar-refractivity contribution in [2.45, 2.75) is 20.3 Å². The van der Waals surface area contributed by atoms with Crippen LogP contribution in [0.2, 0.25) is 0 Å². The van der Waals surface area contributed by atoms with E-state index < -0.39 is 0 Å². The number of carbonyl (C=O) groups excluding carboxylic acids is 1. The summed E-state index contributed by atoms with van der Waals surface area (Å²) in [5.41, 5.74) is 2.72. The molecule has 26 heavy (non-hydrogen) atoms. The minimum Gasteiger partial charge on any atom is -0.439 e. The van der Waals surface area contributed by atoms with Crippen LogP contribution >= 0.6 is 0 Å². The molecule has 5 nitrogen and oxygen atoms in total. The molecule has 1 aromatic heterocycles. The minimum absolute atomic E-state index is 0.0814. The molecule has 0 spiro atoms. The van der Waals surface area contributed by atoms with Crippen LogP contribution in [0.25, 0.3) is 11.4 Å². The lowest BCUT2D eigenvalue weighted by molar-refractivity contribution is 0.0953. The Labute approximate surface area is 153 Å². The van der Waals surface area contributed by atoms with Crippen LogP contribution in [-0.2, 0) is 0 Å². The molecule has 5 heteroatoms. The average Bonchev–Trinajstić information content (AvgIpc) is 2.67. The van der Waals surface area contributed by atoms with Crippen LogP contribution in [0.4, 0.5) is 0 Å². The van der Waals surface area contributed by atoms with Crippen LogP contribution < -0.4 is 10.1 Å². The largest absolute Gasteiger partial charge is 0.439 e. The molecule has 3 aromatic rings. The van der Waals surface area contributed by atoms with Crippen molar-refractivity contribution in [3.05, 3.63) is 71.9 Å². The highest BCUT2D eigenvalue weighted by Gasteiger charge is 2.07. The fourth-order valence-electron chi connectivity index (χ4n) is 2.38. The second-order valence-corrected chi connectivity index (χ2v) is 5.97. The average molecular weight is 347 g/mol. The summed E-state index contributed by atoms with van der Waals surface area (Å²) >= 11 is 0. The smallest absolute Gasteiger partial charge is 0.251 e. The molecule has 1 N–H and O–H groups in total. The van der Waals surface area contributed by atoms with E-state index in [2.05, 4.69) is 15.3 Å². The van der Waals surface area contributed by atoms with Crippen LogP contribution in [0.15, 0.2) is 60.8 Å². The number of amides is 1. The number of hydrogen-bond donors (Lipinski definition) is 1. The monoisotopic (exact) mass is 347 g/mol. The van der Waals surface area contributed by atoms with Crippen LogP contribution in [0.5, 0.6) is 11.6 Å². The van der Waals surface area contributed by atoms with Crippen molar-refractivity contribution < 1.29 is 9.53 Å². The van der Waals surface area contributed by atoms with Crippen LogP contribution in [0.3, 0.4) is 0 Å². The summed E-state index contributed by atoms with van der Waals surface area (Å²) in [6, 6.07) is 16.7. The Hall–Kier alpha value is -3.21. The van der Waals surface area contributed by atoms with Gasteiger partial charge in [0.25, 0.3) is 5.91 Å². The van der Waals surface area contributed by atoms with E-state index in [0.29, 0.717) is 29.6 Å². The molecular weight excluding hydrogens is 326 g/mol. The first-order valence-electron chi connectivity index (χ1n) is 8.62. The van der Waals surface area contributed by atoms with E-state index in [9.17, 15) is 4.79 Å². The quantitative estimate of drug-likeness (QED) is 0.718. The Morgan fingerprint density at radius 1 is 1.04 bits per heavy atom. The van der Waals surface area contributed by atoms with E-state index in [1.807, 2.05) is 38.1 Å². The van der Waals surface area contributed by atoms with Gasteiger partial charge in [-0.15, -0.1) is 0 Å². The maximum Gasteiger partial charge on any atom is 0.251 e. The van der Waals surface area contributed by atoms with Crippen LogP contribution in [0.1, 0.15) is 29.3 Å². The lowest BCUT2D eigenvalue weighted by Gasteiger charge is -2.08. The van der Waals surface area contributed by atoms with Gasteiger partial charge in [0.15, 0.2) is 5.82 Å². The van der Waals surface area contributed by atoms with Gasteiger partial charge in [0, 0.05) is 29.9 Å². The predicted molar refractivity (Wildman–Crippen MR) is 101 cm³/mol. The number of carbonyl (C=O) groups is 1. The SMILES string of the molecule is CCCNC(=O)c1ccc(Oc2ccnc(-c3ccc(C)cc3)n2)cc1. The molecular formula is C21H21N3O2. The van der Waals surface area contributed by atoms with E-state index in [-0.39, 0.29) is 5.91 Å². The number of nitrogens with one attached hydrogen (secondary N) is 1. The van der Waals surface area contributed by atoms with Gasteiger partial charge in [-0.2, -0.15) is 4.98 Å². The zero-order valence-corrected chi connectivity index (χ0v) is 14.9. The van der Waals surface area contributed by atoms with E-state index in [4.69, 9.17) is 4.74 Å². The summed E-state index contributed by atoms with van der Waals surface area (Å²) in [4.78, 5) is 20.7. The van der Waals surface area contributed by atoms with Gasteiger partial charge >= 0.3 is 0 Å². The van der Waals surface area contributed by atoms with Gasteiger partial charge < -0.3 is 10.1 Å². The number of hydrogen-bond acceptors (Lipinski definition) is 4. The summed E-state index contributed by atoms with van der Waals surface area (Å²) in [5.74, 6) is 1.60. The number of rotatable bonds is 6. The molecule has 0 bridgehead atoms. The number of aryl methyl sites for hydroxylation is 1. The number of nitrogens with zero attached hydrogens (tertiary/aromatic N) is 2. The lowest BCUT2D eigenvalue weighted by Crippen LogP contribution is -2.23. The summed E-state index contributed by atoms with van der Waals surface area (Å²) in [7, 11) is 0. The van der Waals surface area contributed by atoms with Gasteiger partial charge in [0.1, 0.15) is 5.75 Å². The van der Waals surface area contributed by atoms with Crippen LogP contribution in [-0.4, -0.2) is 22.4 Å². The molecule has 0 saturated carbocycles. The summed E-state index contributed by atoms with van der Waals surface area (Å²) in [6.45, 7) is 4.72. The molecule has 0 fully saturated rings. The molecule has 0 unspecified atom stereocenters. The standard InChI is InChI=1S/C21H21N3O2/c1-3-13-23-21(25)17-8-10-18(11-9-17)26-19-12-14-22-20(24-19)16-6-4-15(2)5-7-16/h4-12,14H,3,13H2,1-2H3,(H,23,25). The first kappa shape index (κ1) is 17.6. The van der Waals surface area contributed by atoms with Crippen molar-refractivity contribution in [2.75, 3.05) is 6.54 Å². The topological polar surface area (TPSA) is 64.1 Å². The van der Waals surface area contributed by atoms with Crippen molar-refractivity contribution in [3.8, 4) is 23.0 Å². The Morgan fingerprint density at radius 3 is 2.46 bits per heavy atom. The summed E-state index contributed by atoms with van der Waals surface area (Å²) in [6.07, 6.45) is 2.58. The second kappa shape index (κ2) is 8.25. The Balaban J connectivity index is 1.72. The molecule has 1 amide bonds. The fourth-order valence-corrected chi connectivity index (χ4v) is 2.38. The van der Waals surface area contributed by atoms with Gasteiger partial charge in [0.05, 0.1) is 0 Å². The third kappa shape index (κ3) is 4.45. The van der Waals surface area contributed by atoms with Crippen molar-refractivity contribution in [1.82, 2.24) is 15.3 Å². The van der Waals surface area contributed by atoms with Gasteiger partial charge in [-0.1, -0.05) is 36.8 Å². The number of ether oxygens (including phenoxy) is 1. The van der Waals surface area contributed by atoms with E-state index in [1.165, 1.54) is 5.56 Å². The molecule has 0 atom stereocenters. The van der Waals surface area contributed by atoms with E-state index in [0.717, 1.165) is 12.0 Å². The molecule has 0 radical (unpaired) electrons. The molecule has 132 valence electrons. The van der Waals surface area contributed by atoms with Gasteiger partial charge in [-0.25, -0.2) is 4.98 Å². The highest BCUT2D eigenvalue weighted by molar-refractivity contribution is 5.94. The van der Waals surface area contributed by atoms with Crippen molar-refractivity contribution in [1.29, 1.82) is 0 Å². The minimum atomic E-state index is -0.0814. The highest BCUT2D eigenvalue weighted by Crippen LogP contribution is 2.22. The van der Waals surface area contributed by atoms with Gasteiger partial charge in [0.2, 0.25) is 5.88 Å².